The lowest BCUT2D eigenvalue weighted by molar-refractivity contribution is -0.196. The molecule has 1 heterocycles. The Hall–Kier alpha value is -1.94. The van der Waals surface area contributed by atoms with Gasteiger partial charge in [0.25, 0.3) is 0 Å². The Morgan fingerprint density at radius 3 is 1.89 bits per heavy atom. The monoisotopic (exact) mass is 366 g/mol. The molecule has 0 radical (unpaired) electrons. The van der Waals surface area contributed by atoms with Crippen molar-refractivity contribution in [3.05, 3.63) is 84.4 Å². The van der Waals surface area contributed by atoms with Gasteiger partial charge in [0.2, 0.25) is 0 Å². The maximum Gasteiger partial charge on any atom is 0.188 e. The molecule has 2 aromatic carbocycles. The van der Waals surface area contributed by atoms with E-state index in [2.05, 4.69) is 37.8 Å². The third-order valence-electron chi connectivity index (χ3n) is 5.22. The zero-order chi connectivity index (χ0) is 19.1. The highest BCUT2D eigenvalue weighted by Crippen LogP contribution is 2.46. The van der Waals surface area contributed by atoms with Crippen molar-refractivity contribution in [3.8, 4) is 0 Å². The van der Waals surface area contributed by atoms with E-state index in [1.165, 1.54) is 0 Å². The summed E-state index contributed by atoms with van der Waals surface area (Å²) in [4.78, 5) is 0. The molecule has 1 saturated heterocycles. The second kappa shape index (κ2) is 9.32. The molecule has 0 saturated carbocycles. The van der Waals surface area contributed by atoms with Crippen molar-refractivity contribution in [2.45, 2.75) is 63.1 Å². The van der Waals surface area contributed by atoms with Gasteiger partial charge in [-0.25, -0.2) is 0 Å². The summed E-state index contributed by atoms with van der Waals surface area (Å²) in [7, 11) is 0. The van der Waals surface area contributed by atoms with Crippen LogP contribution in [0.3, 0.4) is 0 Å². The first-order chi connectivity index (χ1) is 13.2. The summed E-state index contributed by atoms with van der Waals surface area (Å²) in [6.07, 6.45) is 4.80. The van der Waals surface area contributed by atoms with Gasteiger partial charge in [-0.15, -0.1) is 6.58 Å². The smallest absolute Gasteiger partial charge is 0.188 e. The SMILES string of the molecule is C=CC[C@](O)(CCCCC)C1O[C@@H](c2ccccc2)[C@H](c2ccccc2)O1. The van der Waals surface area contributed by atoms with Crippen LogP contribution in [-0.2, 0) is 9.47 Å². The highest BCUT2D eigenvalue weighted by atomic mass is 16.7. The van der Waals surface area contributed by atoms with E-state index >= 15 is 0 Å². The Kier molecular flexibility index (Phi) is 6.84. The summed E-state index contributed by atoms with van der Waals surface area (Å²) in [5.74, 6) is 0. The Morgan fingerprint density at radius 2 is 1.44 bits per heavy atom. The molecule has 0 bridgehead atoms. The third-order valence-corrected chi connectivity index (χ3v) is 5.22. The second-order valence-corrected chi connectivity index (χ2v) is 7.32. The summed E-state index contributed by atoms with van der Waals surface area (Å²) in [6, 6.07) is 20.2. The molecule has 27 heavy (non-hydrogen) atoms. The van der Waals surface area contributed by atoms with Gasteiger partial charge in [0.1, 0.15) is 17.8 Å². The number of ether oxygens (including phenoxy) is 2. The zero-order valence-corrected chi connectivity index (χ0v) is 16.1. The van der Waals surface area contributed by atoms with E-state index in [0.717, 1.165) is 30.4 Å². The molecule has 0 unspecified atom stereocenters. The summed E-state index contributed by atoms with van der Waals surface area (Å²) in [5, 5.41) is 11.3. The predicted molar refractivity (Wildman–Crippen MR) is 108 cm³/mol. The number of rotatable bonds is 9. The molecule has 1 fully saturated rings. The molecule has 3 heteroatoms. The Morgan fingerprint density at radius 1 is 0.926 bits per heavy atom. The highest BCUT2D eigenvalue weighted by molar-refractivity contribution is 5.26. The summed E-state index contributed by atoms with van der Waals surface area (Å²) >= 11 is 0. The number of unbranched alkanes of at least 4 members (excludes halogenated alkanes) is 2. The maximum absolute atomic E-state index is 11.3. The van der Waals surface area contributed by atoms with Crippen LogP contribution in [0.4, 0.5) is 0 Å². The van der Waals surface area contributed by atoms with Crippen LogP contribution < -0.4 is 0 Å². The topological polar surface area (TPSA) is 38.7 Å². The molecule has 3 rings (SSSR count). The van der Waals surface area contributed by atoms with E-state index in [9.17, 15) is 5.11 Å². The van der Waals surface area contributed by atoms with Gasteiger partial charge in [-0.05, 0) is 24.0 Å². The van der Waals surface area contributed by atoms with Gasteiger partial charge in [-0.1, -0.05) is 92.9 Å². The van der Waals surface area contributed by atoms with Gasteiger partial charge >= 0.3 is 0 Å². The lowest BCUT2D eigenvalue weighted by atomic mass is 9.92. The normalized spacial score (nSPS) is 22.4. The Labute approximate surface area is 162 Å². The standard InChI is InChI=1S/C24H30O3/c1-3-5-12-18-24(25,17-4-2)23-26-21(19-13-8-6-9-14-19)22(27-23)20-15-10-7-11-16-20/h4,6-11,13-16,21-23,25H,2-3,5,12,17-18H2,1H3/t21-,22-,24-/m0/s1. The largest absolute Gasteiger partial charge is 0.384 e. The fraction of sp³-hybridized carbons (Fsp3) is 0.417. The number of hydrogen-bond donors (Lipinski definition) is 1. The minimum absolute atomic E-state index is 0.249. The first-order valence-corrected chi connectivity index (χ1v) is 9.92. The predicted octanol–water partition coefficient (Wildman–Crippen LogP) is 5.73. The van der Waals surface area contributed by atoms with E-state index in [-0.39, 0.29) is 12.2 Å². The molecule has 3 nitrogen and oxygen atoms in total. The summed E-state index contributed by atoms with van der Waals surface area (Å²) in [6.45, 7) is 5.99. The Bertz CT molecular complexity index is 653. The molecule has 1 aliphatic heterocycles. The lowest BCUT2D eigenvalue weighted by Gasteiger charge is -2.32. The first-order valence-electron chi connectivity index (χ1n) is 9.92. The van der Waals surface area contributed by atoms with Crippen molar-refractivity contribution >= 4 is 0 Å². The van der Waals surface area contributed by atoms with E-state index < -0.39 is 11.9 Å². The van der Waals surface area contributed by atoms with Crippen molar-refractivity contribution < 1.29 is 14.6 Å². The molecule has 2 aromatic rings. The van der Waals surface area contributed by atoms with Crippen LogP contribution in [-0.4, -0.2) is 17.0 Å². The molecule has 0 amide bonds. The van der Waals surface area contributed by atoms with E-state index in [0.29, 0.717) is 12.8 Å². The van der Waals surface area contributed by atoms with Gasteiger partial charge in [0.15, 0.2) is 6.29 Å². The van der Waals surface area contributed by atoms with Crippen LogP contribution in [0.2, 0.25) is 0 Å². The highest BCUT2D eigenvalue weighted by Gasteiger charge is 2.47. The second-order valence-electron chi connectivity index (χ2n) is 7.32. The number of hydrogen-bond acceptors (Lipinski definition) is 3. The third kappa shape index (κ3) is 4.67. The van der Waals surface area contributed by atoms with Crippen molar-refractivity contribution in [2.24, 2.45) is 0 Å². The van der Waals surface area contributed by atoms with Crippen LogP contribution in [0.5, 0.6) is 0 Å². The minimum Gasteiger partial charge on any atom is -0.384 e. The lowest BCUT2D eigenvalue weighted by Crippen LogP contribution is -2.42. The van der Waals surface area contributed by atoms with Crippen molar-refractivity contribution in [1.82, 2.24) is 0 Å². The van der Waals surface area contributed by atoms with E-state index in [4.69, 9.17) is 9.47 Å². The van der Waals surface area contributed by atoms with E-state index in [1.54, 1.807) is 6.08 Å². The maximum atomic E-state index is 11.3. The van der Waals surface area contributed by atoms with Crippen molar-refractivity contribution in [3.63, 3.8) is 0 Å². The average molecular weight is 367 g/mol. The summed E-state index contributed by atoms with van der Waals surface area (Å²) < 4.78 is 12.7. The first kappa shape index (κ1) is 19.8. The molecule has 1 N–H and O–H groups in total. The van der Waals surface area contributed by atoms with Crippen molar-refractivity contribution in [2.75, 3.05) is 0 Å². The molecule has 0 aromatic heterocycles. The Balaban J connectivity index is 1.88. The van der Waals surface area contributed by atoms with Gasteiger partial charge in [0, 0.05) is 0 Å². The van der Waals surface area contributed by atoms with Crippen LogP contribution in [0, 0.1) is 0 Å². The van der Waals surface area contributed by atoms with Gasteiger partial charge in [-0.2, -0.15) is 0 Å². The van der Waals surface area contributed by atoms with Crippen LogP contribution >= 0.6 is 0 Å². The molecule has 1 aliphatic rings. The molecule has 0 spiro atoms. The van der Waals surface area contributed by atoms with Crippen molar-refractivity contribution in [1.29, 1.82) is 0 Å². The molecular formula is C24H30O3. The van der Waals surface area contributed by atoms with Gasteiger partial charge in [-0.3, -0.25) is 0 Å². The van der Waals surface area contributed by atoms with Gasteiger partial charge in [0.05, 0.1) is 0 Å². The molecule has 0 aliphatic carbocycles. The quantitative estimate of drug-likeness (QED) is 0.455. The molecular weight excluding hydrogens is 336 g/mol. The molecule has 144 valence electrons. The number of aliphatic hydroxyl groups is 1. The minimum atomic E-state index is -1.06. The van der Waals surface area contributed by atoms with E-state index in [1.807, 2.05) is 36.4 Å². The fourth-order valence-electron chi connectivity index (χ4n) is 3.73. The van der Waals surface area contributed by atoms with Gasteiger partial charge < -0.3 is 14.6 Å². The summed E-state index contributed by atoms with van der Waals surface area (Å²) in [5.41, 5.74) is 1.06. The van der Waals surface area contributed by atoms with Crippen LogP contribution in [0.25, 0.3) is 0 Å². The average Bonchev–Trinajstić information content (AvgIpc) is 3.16. The zero-order valence-electron chi connectivity index (χ0n) is 16.1. The fourth-order valence-corrected chi connectivity index (χ4v) is 3.73. The van der Waals surface area contributed by atoms with Crippen LogP contribution in [0.1, 0.15) is 62.4 Å². The number of benzene rings is 2. The van der Waals surface area contributed by atoms with Crippen LogP contribution in [0.15, 0.2) is 73.3 Å². The molecule has 3 atom stereocenters.